The highest BCUT2D eigenvalue weighted by molar-refractivity contribution is 5.89. The molecule has 0 aliphatic carbocycles. The number of anilines is 1. The zero-order chi connectivity index (χ0) is 14.4. The molecule has 5 heteroatoms. The van der Waals surface area contributed by atoms with Crippen molar-refractivity contribution in [2.24, 2.45) is 5.73 Å². The predicted octanol–water partition coefficient (Wildman–Crippen LogP) is 1.78. The SMILES string of the molecule is CC(N)c1cccc(NC(=O)NCC(C)N(C)C)c1. The number of benzene rings is 1. The van der Waals surface area contributed by atoms with E-state index in [1.54, 1.807) is 0 Å². The standard InChI is InChI=1S/C14H24N4O/c1-10(18(3)4)9-16-14(19)17-13-7-5-6-12(8-13)11(2)15/h5-8,10-11H,9,15H2,1-4H3,(H2,16,17,19). The first-order chi connectivity index (χ1) is 8.90. The summed E-state index contributed by atoms with van der Waals surface area (Å²) in [5.41, 5.74) is 7.57. The summed E-state index contributed by atoms with van der Waals surface area (Å²) in [6.45, 7) is 4.57. The van der Waals surface area contributed by atoms with Gasteiger partial charge in [-0.3, -0.25) is 0 Å². The van der Waals surface area contributed by atoms with Gasteiger partial charge in [-0.15, -0.1) is 0 Å². The Hall–Kier alpha value is -1.59. The molecule has 5 nitrogen and oxygen atoms in total. The maximum Gasteiger partial charge on any atom is 0.319 e. The van der Waals surface area contributed by atoms with Crippen LogP contribution in [0.4, 0.5) is 10.5 Å². The highest BCUT2D eigenvalue weighted by Crippen LogP contribution is 2.15. The van der Waals surface area contributed by atoms with E-state index in [0.717, 1.165) is 11.3 Å². The quantitative estimate of drug-likeness (QED) is 0.759. The zero-order valence-corrected chi connectivity index (χ0v) is 12.1. The summed E-state index contributed by atoms with van der Waals surface area (Å²) in [4.78, 5) is 13.8. The Morgan fingerprint density at radius 1 is 1.37 bits per heavy atom. The molecule has 2 atom stereocenters. The van der Waals surface area contributed by atoms with Crippen LogP contribution in [0.2, 0.25) is 0 Å². The average molecular weight is 264 g/mol. The van der Waals surface area contributed by atoms with E-state index < -0.39 is 0 Å². The van der Waals surface area contributed by atoms with Crippen LogP contribution >= 0.6 is 0 Å². The lowest BCUT2D eigenvalue weighted by Gasteiger charge is -2.20. The fourth-order valence-corrected chi connectivity index (χ4v) is 1.50. The van der Waals surface area contributed by atoms with Crippen molar-refractivity contribution in [1.29, 1.82) is 0 Å². The molecule has 0 aliphatic heterocycles. The molecule has 0 fully saturated rings. The second kappa shape index (κ2) is 7.11. The van der Waals surface area contributed by atoms with Crippen molar-refractivity contribution in [1.82, 2.24) is 10.2 Å². The van der Waals surface area contributed by atoms with Crippen LogP contribution in [0.1, 0.15) is 25.5 Å². The lowest BCUT2D eigenvalue weighted by molar-refractivity contribution is 0.245. The molecule has 0 aliphatic rings. The van der Waals surface area contributed by atoms with E-state index in [0.29, 0.717) is 12.6 Å². The minimum Gasteiger partial charge on any atom is -0.336 e. The smallest absolute Gasteiger partial charge is 0.319 e. The maximum atomic E-state index is 11.7. The monoisotopic (exact) mass is 264 g/mol. The molecule has 4 N–H and O–H groups in total. The number of hydrogen-bond donors (Lipinski definition) is 3. The molecule has 0 aromatic heterocycles. The van der Waals surface area contributed by atoms with Gasteiger partial charge < -0.3 is 21.3 Å². The van der Waals surface area contributed by atoms with Gasteiger partial charge in [0.1, 0.15) is 0 Å². The van der Waals surface area contributed by atoms with E-state index in [4.69, 9.17) is 5.73 Å². The number of urea groups is 1. The van der Waals surface area contributed by atoms with E-state index in [-0.39, 0.29) is 12.1 Å². The van der Waals surface area contributed by atoms with Gasteiger partial charge in [0.05, 0.1) is 0 Å². The molecule has 106 valence electrons. The van der Waals surface area contributed by atoms with Crippen LogP contribution < -0.4 is 16.4 Å². The maximum absolute atomic E-state index is 11.7. The minimum absolute atomic E-state index is 0.0430. The number of likely N-dealkylation sites (N-methyl/N-ethyl adjacent to an activating group) is 1. The van der Waals surface area contributed by atoms with Crippen molar-refractivity contribution in [2.75, 3.05) is 26.0 Å². The lowest BCUT2D eigenvalue weighted by Crippen LogP contribution is -2.40. The number of carbonyl (C=O) groups excluding carboxylic acids is 1. The van der Waals surface area contributed by atoms with Gasteiger partial charge in [-0.1, -0.05) is 12.1 Å². The third-order valence-electron chi connectivity index (χ3n) is 3.11. The van der Waals surface area contributed by atoms with Crippen LogP contribution in [0, 0.1) is 0 Å². The average Bonchev–Trinajstić information content (AvgIpc) is 2.36. The number of nitrogens with zero attached hydrogens (tertiary/aromatic N) is 1. The molecule has 0 saturated carbocycles. The zero-order valence-electron chi connectivity index (χ0n) is 12.1. The molecule has 2 unspecified atom stereocenters. The van der Waals surface area contributed by atoms with E-state index in [9.17, 15) is 4.79 Å². The highest BCUT2D eigenvalue weighted by atomic mass is 16.2. The van der Waals surface area contributed by atoms with Crippen LogP contribution in [0.5, 0.6) is 0 Å². The van der Waals surface area contributed by atoms with E-state index in [1.807, 2.05) is 45.3 Å². The van der Waals surface area contributed by atoms with Crippen LogP contribution in [0.15, 0.2) is 24.3 Å². The van der Waals surface area contributed by atoms with Crippen molar-refractivity contribution < 1.29 is 4.79 Å². The summed E-state index contributed by atoms with van der Waals surface area (Å²) in [5, 5.41) is 5.65. The molecule has 0 bridgehead atoms. The number of rotatable bonds is 5. The van der Waals surface area contributed by atoms with Gasteiger partial charge in [-0.05, 0) is 45.6 Å². The third kappa shape index (κ3) is 5.28. The minimum atomic E-state index is -0.199. The summed E-state index contributed by atoms with van der Waals surface area (Å²) >= 11 is 0. The molecule has 0 radical (unpaired) electrons. The molecule has 1 aromatic rings. The molecule has 1 aromatic carbocycles. The van der Waals surface area contributed by atoms with E-state index in [1.165, 1.54) is 0 Å². The molecule has 0 saturated heterocycles. The summed E-state index contributed by atoms with van der Waals surface area (Å²) in [6.07, 6.45) is 0. The Bertz CT molecular complexity index is 418. The Kier molecular flexibility index (Phi) is 5.79. The Morgan fingerprint density at radius 2 is 2.05 bits per heavy atom. The number of amides is 2. The van der Waals surface area contributed by atoms with E-state index >= 15 is 0 Å². The number of hydrogen-bond acceptors (Lipinski definition) is 3. The number of nitrogens with two attached hydrogens (primary N) is 1. The van der Waals surface area contributed by atoms with Gasteiger partial charge in [0.2, 0.25) is 0 Å². The number of carbonyl (C=O) groups is 1. The first kappa shape index (κ1) is 15.5. The van der Waals surface area contributed by atoms with Crippen LogP contribution in [0.3, 0.4) is 0 Å². The Morgan fingerprint density at radius 3 is 2.63 bits per heavy atom. The molecule has 0 heterocycles. The summed E-state index contributed by atoms with van der Waals surface area (Å²) < 4.78 is 0. The predicted molar refractivity (Wildman–Crippen MR) is 79.2 cm³/mol. The van der Waals surface area contributed by atoms with Crippen molar-refractivity contribution in [3.63, 3.8) is 0 Å². The van der Waals surface area contributed by atoms with Crippen molar-refractivity contribution in [2.45, 2.75) is 25.9 Å². The second-order valence-corrected chi connectivity index (χ2v) is 5.06. The summed E-state index contributed by atoms with van der Waals surface area (Å²) in [6, 6.07) is 7.62. The van der Waals surface area contributed by atoms with Gasteiger partial charge in [-0.2, -0.15) is 0 Å². The summed E-state index contributed by atoms with van der Waals surface area (Å²) in [5.74, 6) is 0. The van der Waals surface area contributed by atoms with Gasteiger partial charge in [0.15, 0.2) is 0 Å². The van der Waals surface area contributed by atoms with E-state index in [2.05, 4.69) is 22.5 Å². The normalized spacial score (nSPS) is 14.0. The Labute approximate surface area is 115 Å². The molecule has 19 heavy (non-hydrogen) atoms. The first-order valence-electron chi connectivity index (χ1n) is 6.47. The fourth-order valence-electron chi connectivity index (χ4n) is 1.50. The van der Waals surface area contributed by atoms with Gasteiger partial charge in [0, 0.05) is 24.3 Å². The fraction of sp³-hybridized carbons (Fsp3) is 0.500. The van der Waals surface area contributed by atoms with Crippen LogP contribution in [0.25, 0.3) is 0 Å². The largest absolute Gasteiger partial charge is 0.336 e. The van der Waals surface area contributed by atoms with Gasteiger partial charge in [0.25, 0.3) is 0 Å². The molecule has 0 spiro atoms. The summed E-state index contributed by atoms with van der Waals surface area (Å²) in [7, 11) is 3.97. The highest BCUT2D eigenvalue weighted by Gasteiger charge is 2.07. The van der Waals surface area contributed by atoms with Crippen molar-refractivity contribution in [3.8, 4) is 0 Å². The lowest BCUT2D eigenvalue weighted by atomic mass is 10.1. The van der Waals surface area contributed by atoms with Gasteiger partial charge in [-0.25, -0.2) is 4.79 Å². The topological polar surface area (TPSA) is 70.4 Å². The first-order valence-corrected chi connectivity index (χ1v) is 6.47. The van der Waals surface area contributed by atoms with Crippen LogP contribution in [-0.4, -0.2) is 37.6 Å². The molecule has 1 rings (SSSR count). The molecular weight excluding hydrogens is 240 g/mol. The molecular formula is C14H24N4O. The molecule has 2 amide bonds. The third-order valence-corrected chi connectivity index (χ3v) is 3.11. The van der Waals surface area contributed by atoms with Crippen LogP contribution in [-0.2, 0) is 0 Å². The Balaban J connectivity index is 2.50. The number of nitrogens with one attached hydrogen (secondary N) is 2. The van der Waals surface area contributed by atoms with Gasteiger partial charge >= 0.3 is 6.03 Å². The second-order valence-electron chi connectivity index (χ2n) is 5.06. The van der Waals surface area contributed by atoms with Crippen molar-refractivity contribution in [3.05, 3.63) is 29.8 Å². The van der Waals surface area contributed by atoms with Crippen molar-refractivity contribution >= 4 is 11.7 Å².